The summed E-state index contributed by atoms with van der Waals surface area (Å²) in [6, 6.07) is 0. The van der Waals surface area contributed by atoms with Crippen LogP contribution in [0.5, 0.6) is 0 Å². The van der Waals surface area contributed by atoms with Crippen LogP contribution in [-0.4, -0.2) is 96.7 Å². The van der Waals surface area contributed by atoms with Crippen molar-refractivity contribution in [1.82, 2.24) is 0 Å². The molecule has 0 aromatic carbocycles. The number of carbonyl (C=O) groups is 4. The van der Waals surface area contributed by atoms with E-state index >= 15 is 0 Å². The van der Waals surface area contributed by atoms with Gasteiger partial charge in [0.25, 0.3) is 0 Å². The Hall–Kier alpha value is -2.20. The number of aliphatic hydroxyl groups excluding tert-OH is 1. The molecule has 0 aromatic rings. The summed E-state index contributed by atoms with van der Waals surface area (Å²) >= 11 is 0. The van der Waals surface area contributed by atoms with Crippen molar-refractivity contribution in [2.75, 3.05) is 39.6 Å². The van der Waals surface area contributed by atoms with Crippen molar-refractivity contribution in [3.05, 3.63) is 12.2 Å². The van der Waals surface area contributed by atoms with Gasteiger partial charge in [0.1, 0.15) is 19.3 Å². The first-order valence-electron chi connectivity index (χ1n) is 39.9. The second-order valence-electron chi connectivity index (χ2n) is 27.4. The molecule has 0 aromatic heterocycles. The first-order valence-corrected chi connectivity index (χ1v) is 42.9. The lowest BCUT2D eigenvalue weighted by molar-refractivity contribution is -0.161. The largest absolute Gasteiger partial charge is 0.472 e. The highest BCUT2D eigenvalue weighted by atomic mass is 31.2. The summed E-state index contributed by atoms with van der Waals surface area (Å²) < 4.78 is 68.6. The molecule has 568 valence electrons. The highest BCUT2D eigenvalue weighted by molar-refractivity contribution is 7.47. The second kappa shape index (κ2) is 71.2. The Morgan fingerprint density at radius 3 is 0.719 bits per heavy atom. The van der Waals surface area contributed by atoms with E-state index in [0.29, 0.717) is 25.7 Å². The molecule has 0 spiro atoms. The number of hydrogen-bond acceptors (Lipinski definition) is 15. The molecule has 0 saturated carbocycles. The van der Waals surface area contributed by atoms with Gasteiger partial charge in [0.2, 0.25) is 0 Å². The molecular formula is C77H148O17P2. The zero-order chi connectivity index (χ0) is 70.4. The summed E-state index contributed by atoms with van der Waals surface area (Å²) in [5, 5.41) is 10.6. The maximum atomic E-state index is 13.1. The van der Waals surface area contributed by atoms with Crippen LogP contribution in [-0.2, 0) is 65.4 Å². The Morgan fingerprint density at radius 1 is 0.281 bits per heavy atom. The SMILES string of the molecule is CCCCCCCC/C=C\CCCCCCCC(=O)O[C@H](COC(=O)CCCCCCCCCCCCCCC)COP(=O)(O)OC[C@@H](O)COP(=O)(O)OC[C@@H](COC(=O)CCCCCCCCCCCCCCCCC)OC(=O)CCCCCCCCCCCCCCC. The van der Waals surface area contributed by atoms with Crippen molar-refractivity contribution < 1.29 is 80.2 Å². The van der Waals surface area contributed by atoms with Crippen molar-refractivity contribution in [2.45, 2.75) is 418 Å². The minimum absolute atomic E-state index is 0.0951. The number of phosphoric acid groups is 2. The first-order chi connectivity index (χ1) is 46.7. The van der Waals surface area contributed by atoms with Gasteiger partial charge in [-0.25, -0.2) is 9.13 Å². The van der Waals surface area contributed by atoms with Gasteiger partial charge in [-0.2, -0.15) is 0 Å². The van der Waals surface area contributed by atoms with Crippen molar-refractivity contribution in [2.24, 2.45) is 0 Å². The summed E-state index contributed by atoms with van der Waals surface area (Å²) in [6.07, 6.45) is 63.3. The lowest BCUT2D eigenvalue weighted by Gasteiger charge is -2.21. The van der Waals surface area contributed by atoms with Gasteiger partial charge in [-0.15, -0.1) is 0 Å². The Labute approximate surface area is 587 Å². The van der Waals surface area contributed by atoms with E-state index in [1.807, 2.05) is 0 Å². The van der Waals surface area contributed by atoms with E-state index in [4.69, 9.17) is 37.0 Å². The minimum atomic E-state index is -4.96. The molecule has 2 unspecified atom stereocenters. The van der Waals surface area contributed by atoms with Gasteiger partial charge in [0.15, 0.2) is 12.2 Å². The van der Waals surface area contributed by atoms with Crippen LogP contribution >= 0.6 is 15.6 Å². The molecule has 0 rings (SSSR count). The number of phosphoric ester groups is 2. The first kappa shape index (κ1) is 93.8. The van der Waals surface area contributed by atoms with Crippen LogP contribution in [0.1, 0.15) is 400 Å². The van der Waals surface area contributed by atoms with Crippen molar-refractivity contribution in [3.63, 3.8) is 0 Å². The predicted octanol–water partition coefficient (Wildman–Crippen LogP) is 22.8. The molecule has 17 nitrogen and oxygen atoms in total. The molecule has 96 heavy (non-hydrogen) atoms. The number of rotatable bonds is 77. The number of aliphatic hydroxyl groups is 1. The summed E-state index contributed by atoms with van der Waals surface area (Å²) in [7, 11) is -9.92. The molecule has 0 bridgehead atoms. The molecule has 0 amide bonds. The second-order valence-corrected chi connectivity index (χ2v) is 30.3. The maximum absolute atomic E-state index is 13.1. The van der Waals surface area contributed by atoms with Crippen LogP contribution in [0.2, 0.25) is 0 Å². The molecule has 3 N–H and O–H groups in total. The summed E-state index contributed by atoms with van der Waals surface area (Å²) in [6.45, 7) is 4.98. The maximum Gasteiger partial charge on any atom is 0.472 e. The Kier molecular flexibility index (Phi) is 69.6. The van der Waals surface area contributed by atoms with Gasteiger partial charge < -0.3 is 33.8 Å². The van der Waals surface area contributed by atoms with E-state index in [1.165, 1.54) is 218 Å². The van der Waals surface area contributed by atoms with E-state index in [-0.39, 0.29) is 25.7 Å². The number of carbonyl (C=O) groups excluding carboxylic acids is 4. The lowest BCUT2D eigenvalue weighted by Crippen LogP contribution is -2.30. The van der Waals surface area contributed by atoms with Gasteiger partial charge in [-0.05, 0) is 51.4 Å². The zero-order valence-electron chi connectivity index (χ0n) is 62.1. The minimum Gasteiger partial charge on any atom is -0.462 e. The van der Waals surface area contributed by atoms with Crippen molar-refractivity contribution in [3.8, 4) is 0 Å². The fraction of sp³-hybridized carbons (Fsp3) is 0.922. The quantitative estimate of drug-likeness (QED) is 0.0169. The molecule has 0 aliphatic heterocycles. The lowest BCUT2D eigenvalue weighted by atomic mass is 10.0. The number of unbranched alkanes of at least 4 members (excludes halogenated alkanes) is 49. The van der Waals surface area contributed by atoms with Crippen molar-refractivity contribution in [1.29, 1.82) is 0 Å². The number of esters is 4. The number of allylic oxidation sites excluding steroid dienone is 2. The van der Waals surface area contributed by atoms with Gasteiger partial charge in [-0.3, -0.25) is 37.3 Å². The van der Waals surface area contributed by atoms with E-state index in [1.54, 1.807) is 0 Å². The Bertz CT molecular complexity index is 1870. The van der Waals surface area contributed by atoms with Crippen LogP contribution in [0, 0.1) is 0 Å². The van der Waals surface area contributed by atoms with Crippen molar-refractivity contribution >= 4 is 39.5 Å². The van der Waals surface area contributed by atoms with Gasteiger partial charge in [0.05, 0.1) is 26.4 Å². The Balaban J connectivity index is 5.28. The normalized spacial score (nSPS) is 13.9. The van der Waals surface area contributed by atoms with E-state index in [0.717, 1.165) is 103 Å². The third-order valence-electron chi connectivity index (χ3n) is 17.8. The van der Waals surface area contributed by atoms with Crippen LogP contribution in [0.4, 0.5) is 0 Å². The molecule has 5 atom stereocenters. The highest BCUT2D eigenvalue weighted by Gasteiger charge is 2.30. The summed E-state index contributed by atoms with van der Waals surface area (Å²) in [5.74, 6) is -2.12. The monoisotopic (exact) mass is 1410 g/mol. The molecular weight excluding hydrogens is 1260 g/mol. The number of ether oxygens (including phenoxy) is 4. The molecule has 0 radical (unpaired) electrons. The summed E-state index contributed by atoms with van der Waals surface area (Å²) in [4.78, 5) is 72.9. The van der Waals surface area contributed by atoms with Crippen LogP contribution < -0.4 is 0 Å². The average molecular weight is 1410 g/mol. The fourth-order valence-electron chi connectivity index (χ4n) is 11.6. The predicted molar refractivity (Wildman–Crippen MR) is 391 cm³/mol. The van der Waals surface area contributed by atoms with Gasteiger partial charge in [-0.1, -0.05) is 335 Å². The van der Waals surface area contributed by atoms with Gasteiger partial charge in [0, 0.05) is 25.7 Å². The Morgan fingerprint density at radius 2 is 0.479 bits per heavy atom. The smallest absolute Gasteiger partial charge is 0.462 e. The highest BCUT2D eigenvalue weighted by Crippen LogP contribution is 2.45. The van der Waals surface area contributed by atoms with Crippen LogP contribution in [0.3, 0.4) is 0 Å². The molecule has 0 saturated heterocycles. The van der Waals surface area contributed by atoms with Crippen LogP contribution in [0.15, 0.2) is 12.2 Å². The third kappa shape index (κ3) is 70.2. The molecule has 0 heterocycles. The standard InChI is InChI=1S/C77H148O17P2/c1-5-9-13-17-21-25-29-33-35-39-42-46-50-54-58-62-75(80)88-68-72(93-76(81)63-59-55-51-47-43-38-32-28-24-20-16-12-8-4)69-91-95(83,84)89-65-71(78)66-90-96(85,86)92-70-73(67-87-74(79)61-57-53-49-45-41-37-31-27-23-19-15-11-7-3)94-77(82)64-60-56-52-48-44-40-36-34-30-26-22-18-14-10-6-2/h34,36,71-73,78H,5-33,35,37-70H2,1-4H3,(H,83,84)(H,85,86)/b36-34-/t71-,72+,73+/m0/s1. The molecule has 19 heteroatoms. The molecule has 0 fully saturated rings. The average Bonchev–Trinajstić information content (AvgIpc) is 1.29. The van der Waals surface area contributed by atoms with E-state index in [9.17, 15) is 43.2 Å². The van der Waals surface area contributed by atoms with Crippen LogP contribution in [0.25, 0.3) is 0 Å². The van der Waals surface area contributed by atoms with Gasteiger partial charge >= 0.3 is 39.5 Å². The molecule has 0 aliphatic carbocycles. The molecule has 0 aliphatic rings. The number of hydrogen-bond donors (Lipinski definition) is 3. The third-order valence-corrected chi connectivity index (χ3v) is 19.7. The zero-order valence-corrected chi connectivity index (χ0v) is 63.9. The van der Waals surface area contributed by atoms with E-state index < -0.39 is 97.5 Å². The fourth-order valence-corrected chi connectivity index (χ4v) is 13.2. The van der Waals surface area contributed by atoms with E-state index in [2.05, 4.69) is 39.8 Å². The summed E-state index contributed by atoms with van der Waals surface area (Å²) in [5.41, 5.74) is 0. The topological polar surface area (TPSA) is 237 Å².